The first kappa shape index (κ1) is 15.2. The van der Waals surface area contributed by atoms with Gasteiger partial charge in [-0.1, -0.05) is 25.8 Å². The monoisotopic (exact) mass is 269 g/mol. The molecule has 0 aromatic carbocycles. The van der Waals surface area contributed by atoms with E-state index in [0.29, 0.717) is 0 Å². The third-order valence-electron chi connectivity index (χ3n) is 3.13. The standard InChI is InChI=1S/C14H23NO2S/c1-4-5-8-13(14(16)17-3)15(2)10-9-12-7-6-11-18-12/h6-7,11,13H,4-5,8-10H2,1-3H3. The Kier molecular flexibility index (Phi) is 6.98. The minimum absolute atomic E-state index is 0.102. The molecule has 0 radical (unpaired) electrons. The fourth-order valence-corrected chi connectivity index (χ4v) is 2.65. The SMILES string of the molecule is CCCCC(C(=O)OC)N(C)CCc1cccs1. The van der Waals surface area contributed by atoms with Crippen LogP contribution in [0.1, 0.15) is 31.1 Å². The molecule has 0 bridgehead atoms. The van der Waals surface area contributed by atoms with Crippen LogP contribution in [0, 0.1) is 0 Å². The van der Waals surface area contributed by atoms with Crippen LogP contribution in [0.2, 0.25) is 0 Å². The number of likely N-dealkylation sites (N-methyl/N-ethyl adjacent to an activating group) is 1. The Morgan fingerprint density at radius 3 is 2.89 bits per heavy atom. The second kappa shape index (κ2) is 8.27. The van der Waals surface area contributed by atoms with Gasteiger partial charge in [0, 0.05) is 11.4 Å². The lowest BCUT2D eigenvalue weighted by atomic mass is 10.1. The second-order valence-electron chi connectivity index (χ2n) is 4.49. The van der Waals surface area contributed by atoms with E-state index in [2.05, 4.69) is 29.3 Å². The first-order valence-electron chi connectivity index (χ1n) is 6.49. The molecule has 0 amide bonds. The molecule has 0 spiro atoms. The van der Waals surface area contributed by atoms with Crippen molar-refractivity contribution in [1.82, 2.24) is 4.90 Å². The quantitative estimate of drug-likeness (QED) is 0.680. The topological polar surface area (TPSA) is 29.5 Å². The summed E-state index contributed by atoms with van der Waals surface area (Å²) in [6.45, 7) is 3.03. The summed E-state index contributed by atoms with van der Waals surface area (Å²) in [6.07, 6.45) is 4.03. The Balaban J connectivity index is 2.47. The molecule has 0 fully saturated rings. The highest BCUT2D eigenvalue weighted by Gasteiger charge is 2.22. The summed E-state index contributed by atoms with van der Waals surface area (Å²) in [6, 6.07) is 4.10. The summed E-state index contributed by atoms with van der Waals surface area (Å²) in [7, 11) is 3.47. The summed E-state index contributed by atoms with van der Waals surface area (Å²) in [5, 5.41) is 2.09. The van der Waals surface area contributed by atoms with Gasteiger partial charge in [0.15, 0.2) is 0 Å². The van der Waals surface area contributed by atoms with E-state index in [4.69, 9.17) is 4.74 Å². The molecule has 0 saturated heterocycles. The zero-order valence-corrected chi connectivity index (χ0v) is 12.3. The van der Waals surface area contributed by atoms with E-state index in [1.807, 2.05) is 7.05 Å². The lowest BCUT2D eigenvalue weighted by molar-refractivity contribution is -0.146. The normalized spacial score (nSPS) is 12.7. The smallest absolute Gasteiger partial charge is 0.323 e. The molecule has 0 aliphatic heterocycles. The molecule has 1 heterocycles. The Morgan fingerprint density at radius 2 is 2.33 bits per heavy atom. The largest absolute Gasteiger partial charge is 0.468 e. The van der Waals surface area contributed by atoms with Crippen molar-refractivity contribution < 1.29 is 9.53 Å². The Hall–Kier alpha value is -0.870. The minimum atomic E-state index is -0.114. The Morgan fingerprint density at radius 1 is 1.56 bits per heavy atom. The van der Waals surface area contributed by atoms with Crippen LogP contribution in [-0.4, -0.2) is 37.6 Å². The summed E-state index contributed by atoms with van der Waals surface area (Å²) >= 11 is 1.77. The van der Waals surface area contributed by atoms with Crippen molar-refractivity contribution in [1.29, 1.82) is 0 Å². The van der Waals surface area contributed by atoms with Gasteiger partial charge in [-0.05, 0) is 31.3 Å². The number of hydrogen-bond acceptors (Lipinski definition) is 4. The van der Waals surface area contributed by atoms with Gasteiger partial charge < -0.3 is 4.74 Å². The summed E-state index contributed by atoms with van der Waals surface area (Å²) in [5.41, 5.74) is 0. The second-order valence-corrected chi connectivity index (χ2v) is 5.52. The van der Waals surface area contributed by atoms with Crippen molar-refractivity contribution in [2.24, 2.45) is 0 Å². The fourth-order valence-electron chi connectivity index (χ4n) is 1.95. The van der Waals surface area contributed by atoms with Crippen LogP contribution in [0.15, 0.2) is 17.5 Å². The van der Waals surface area contributed by atoms with Crippen LogP contribution in [0.4, 0.5) is 0 Å². The molecular weight excluding hydrogens is 246 g/mol. The van der Waals surface area contributed by atoms with E-state index in [9.17, 15) is 4.79 Å². The van der Waals surface area contributed by atoms with Crippen molar-refractivity contribution in [3.63, 3.8) is 0 Å². The third-order valence-corrected chi connectivity index (χ3v) is 4.06. The molecule has 3 nitrogen and oxygen atoms in total. The first-order valence-corrected chi connectivity index (χ1v) is 7.37. The summed E-state index contributed by atoms with van der Waals surface area (Å²) in [5.74, 6) is -0.114. The predicted octanol–water partition coefficient (Wildman–Crippen LogP) is 2.95. The van der Waals surface area contributed by atoms with Gasteiger partial charge in [0.25, 0.3) is 0 Å². The maximum absolute atomic E-state index is 11.8. The van der Waals surface area contributed by atoms with Crippen LogP contribution in [0.5, 0.6) is 0 Å². The van der Waals surface area contributed by atoms with Gasteiger partial charge in [-0.2, -0.15) is 0 Å². The van der Waals surface area contributed by atoms with Gasteiger partial charge >= 0.3 is 5.97 Å². The highest BCUT2D eigenvalue weighted by Crippen LogP contribution is 2.13. The van der Waals surface area contributed by atoms with Gasteiger partial charge in [-0.15, -0.1) is 11.3 Å². The number of thiophene rings is 1. The van der Waals surface area contributed by atoms with Crippen LogP contribution in [0.3, 0.4) is 0 Å². The molecule has 1 aromatic rings. The molecular formula is C14H23NO2S. The number of unbranched alkanes of at least 4 members (excludes halogenated alkanes) is 1. The summed E-state index contributed by atoms with van der Waals surface area (Å²) < 4.78 is 4.89. The van der Waals surface area contributed by atoms with Crippen LogP contribution >= 0.6 is 11.3 Å². The number of carbonyl (C=O) groups excluding carboxylic acids is 1. The number of methoxy groups -OCH3 is 1. The van der Waals surface area contributed by atoms with Crippen molar-refractivity contribution in [2.45, 2.75) is 38.6 Å². The first-order chi connectivity index (χ1) is 8.69. The number of hydrogen-bond donors (Lipinski definition) is 0. The highest BCUT2D eigenvalue weighted by molar-refractivity contribution is 7.09. The van der Waals surface area contributed by atoms with E-state index >= 15 is 0 Å². The van der Waals surface area contributed by atoms with Crippen molar-refractivity contribution in [3.8, 4) is 0 Å². The van der Waals surface area contributed by atoms with Crippen molar-refractivity contribution in [2.75, 3.05) is 20.7 Å². The average molecular weight is 269 g/mol. The van der Waals surface area contributed by atoms with Gasteiger partial charge in [-0.25, -0.2) is 0 Å². The van der Waals surface area contributed by atoms with Gasteiger partial charge in [-0.3, -0.25) is 9.69 Å². The van der Waals surface area contributed by atoms with E-state index in [1.165, 1.54) is 12.0 Å². The minimum Gasteiger partial charge on any atom is -0.468 e. The molecule has 1 unspecified atom stereocenters. The molecule has 1 atom stereocenters. The maximum atomic E-state index is 11.8. The van der Waals surface area contributed by atoms with Crippen molar-refractivity contribution >= 4 is 17.3 Å². The molecule has 0 N–H and O–H groups in total. The lowest BCUT2D eigenvalue weighted by Gasteiger charge is -2.25. The molecule has 0 aliphatic carbocycles. The van der Waals surface area contributed by atoms with Crippen LogP contribution in [0.25, 0.3) is 0 Å². The molecule has 102 valence electrons. The van der Waals surface area contributed by atoms with Crippen molar-refractivity contribution in [3.05, 3.63) is 22.4 Å². The molecule has 1 aromatic heterocycles. The molecule has 0 aliphatic rings. The van der Waals surface area contributed by atoms with E-state index in [0.717, 1.165) is 32.2 Å². The predicted molar refractivity (Wildman–Crippen MR) is 76.0 cm³/mol. The number of rotatable bonds is 8. The van der Waals surface area contributed by atoms with E-state index in [-0.39, 0.29) is 12.0 Å². The van der Waals surface area contributed by atoms with E-state index in [1.54, 1.807) is 11.3 Å². The van der Waals surface area contributed by atoms with Gasteiger partial charge in [0.05, 0.1) is 7.11 Å². The number of ether oxygens (including phenoxy) is 1. The molecule has 0 saturated carbocycles. The average Bonchev–Trinajstić information content (AvgIpc) is 2.89. The zero-order chi connectivity index (χ0) is 13.4. The Bertz CT molecular complexity index is 338. The van der Waals surface area contributed by atoms with Gasteiger partial charge in [0.1, 0.15) is 6.04 Å². The third kappa shape index (κ3) is 4.78. The maximum Gasteiger partial charge on any atom is 0.323 e. The number of nitrogens with zero attached hydrogens (tertiary/aromatic N) is 1. The van der Waals surface area contributed by atoms with Crippen LogP contribution < -0.4 is 0 Å². The zero-order valence-electron chi connectivity index (χ0n) is 11.5. The lowest BCUT2D eigenvalue weighted by Crippen LogP contribution is -2.40. The highest BCUT2D eigenvalue weighted by atomic mass is 32.1. The Labute approximate surface area is 114 Å². The molecule has 4 heteroatoms. The van der Waals surface area contributed by atoms with Gasteiger partial charge in [0.2, 0.25) is 0 Å². The van der Waals surface area contributed by atoms with Crippen LogP contribution in [-0.2, 0) is 16.0 Å². The van der Waals surface area contributed by atoms with E-state index < -0.39 is 0 Å². The number of carbonyl (C=O) groups is 1. The number of esters is 1. The fraction of sp³-hybridized carbons (Fsp3) is 0.643. The molecule has 1 rings (SSSR count). The molecule has 18 heavy (non-hydrogen) atoms. The summed E-state index contributed by atoms with van der Waals surface area (Å²) in [4.78, 5) is 15.2.